The summed E-state index contributed by atoms with van der Waals surface area (Å²) in [6, 6.07) is 9.81. The number of carbonyl (C=O) groups is 1. The molecular formula is C19H22N6O2. The molecule has 0 unspecified atom stereocenters. The molecule has 3 heterocycles. The quantitative estimate of drug-likeness (QED) is 0.701. The second-order valence-corrected chi connectivity index (χ2v) is 6.67. The first-order chi connectivity index (χ1) is 13.1. The molecule has 8 heteroatoms. The molecule has 0 fully saturated rings. The predicted octanol–water partition coefficient (Wildman–Crippen LogP) is 1.79. The third-order valence-electron chi connectivity index (χ3n) is 4.75. The first-order valence-electron chi connectivity index (χ1n) is 9.01. The topological polar surface area (TPSA) is 75.9 Å². The molecule has 8 nitrogen and oxygen atoms in total. The smallest absolute Gasteiger partial charge is 0.293 e. The number of anilines is 1. The Morgan fingerprint density at radius 2 is 2.15 bits per heavy atom. The maximum absolute atomic E-state index is 12.8. The fourth-order valence-electron chi connectivity index (χ4n) is 3.33. The summed E-state index contributed by atoms with van der Waals surface area (Å²) in [5, 5.41) is 4.29. The highest BCUT2D eigenvalue weighted by Crippen LogP contribution is 2.32. The van der Waals surface area contributed by atoms with Gasteiger partial charge in [0.15, 0.2) is 0 Å². The molecular weight excluding hydrogens is 344 g/mol. The van der Waals surface area contributed by atoms with Gasteiger partial charge in [-0.25, -0.2) is 9.50 Å². The van der Waals surface area contributed by atoms with Crippen LogP contribution in [-0.4, -0.2) is 63.2 Å². The summed E-state index contributed by atoms with van der Waals surface area (Å²) < 4.78 is 7.68. The van der Waals surface area contributed by atoms with Crippen LogP contribution in [0.25, 0.3) is 5.78 Å². The molecule has 0 N–H and O–H groups in total. The molecule has 1 aliphatic heterocycles. The van der Waals surface area contributed by atoms with Crippen LogP contribution in [0.2, 0.25) is 0 Å². The average Bonchev–Trinajstić information content (AvgIpc) is 3.12. The molecule has 2 aromatic heterocycles. The van der Waals surface area contributed by atoms with E-state index >= 15 is 0 Å². The van der Waals surface area contributed by atoms with Crippen LogP contribution >= 0.6 is 0 Å². The van der Waals surface area contributed by atoms with Crippen LogP contribution in [0.1, 0.15) is 23.2 Å². The van der Waals surface area contributed by atoms with Gasteiger partial charge in [-0.2, -0.15) is 4.98 Å². The number of hydrogen-bond donors (Lipinski definition) is 0. The highest BCUT2D eigenvalue weighted by Gasteiger charge is 2.28. The summed E-state index contributed by atoms with van der Waals surface area (Å²) in [6.45, 7) is 6.07. The van der Waals surface area contributed by atoms with Crippen molar-refractivity contribution >= 4 is 17.4 Å². The van der Waals surface area contributed by atoms with Gasteiger partial charge in [-0.05, 0) is 32.0 Å². The monoisotopic (exact) mass is 366 g/mol. The zero-order chi connectivity index (χ0) is 19.0. The number of ether oxygens (including phenoxy) is 1. The van der Waals surface area contributed by atoms with Crippen LogP contribution in [0.3, 0.4) is 0 Å². The van der Waals surface area contributed by atoms with Crippen molar-refractivity contribution < 1.29 is 9.53 Å². The molecule has 0 saturated carbocycles. The molecule has 140 valence electrons. The van der Waals surface area contributed by atoms with Gasteiger partial charge in [-0.1, -0.05) is 12.1 Å². The zero-order valence-corrected chi connectivity index (χ0v) is 15.7. The van der Waals surface area contributed by atoms with Crippen molar-refractivity contribution in [3.05, 3.63) is 48.0 Å². The number of aryl methyl sites for hydroxylation is 1. The largest absolute Gasteiger partial charge is 0.485 e. The SMILES string of the molecule is CCN1C[C@@H](CN(C)C(=O)c2nc3nccc(C)n3n2)Oc2ccccc21. The van der Waals surface area contributed by atoms with E-state index in [0.717, 1.165) is 30.2 Å². The van der Waals surface area contributed by atoms with Gasteiger partial charge in [0, 0.05) is 25.5 Å². The molecule has 1 amide bonds. The van der Waals surface area contributed by atoms with Gasteiger partial charge >= 0.3 is 0 Å². The average molecular weight is 366 g/mol. The molecule has 0 bridgehead atoms. The highest BCUT2D eigenvalue weighted by atomic mass is 16.5. The van der Waals surface area contributed by atoms with Crippen LogP contribution < -0.4 is 9.64 Å². The van der Waals surface area contributed by atoms with Gasteiger partial charge in [-0.15, -0.1) is 5.10 Å². The van der Waals surface area contributed by atoms with E-state index in [9.17, 15) is 4.79 Å². The van der Waals surface area contributed by atoms with Gasteiger partial charge in [0.1, 0.15) is 11.9 Å². The van der Waals surface area contributed by atoms with E-state index in [1.165, 1.54) is 0 Å². The Balaban J connectivity index is 1.50. The van der Waals surface area contributed by atoms with Crippen LogP contribution in [-0.2, 0) is 0 Å². The van der Waals surface area contributed by atoms with Crippen LogP contribution in [0, 0.1) is 6.92 Å². The molecule has 4 rings (SSSR count). The molecule has 27 heavy (non-hydrogen) atoms. The van der Waals surface area contributed by atoms with Crippen LogP contribution in [0.5, 0.6) is 5.75 Å². The minimum atomic E-state index is -0.245. The number of carbonyl (C=O) groups excluding carboxylic acids is 1. The van der Waals surface area contributed by atoms with E-state index in [4.69, 9.17) is 4.74 Å². The number of aromatic nitrogens is 4. The number of hydrogen-bond acceptors (Lipinski definition) is 6. The van der Waals surface area contributed by atoms with Crippen LogP contribution in [0.15, 0.2) is 36.5 Å². The molecule has 1 atom stereocenters. The van der Waals surface area contributed by atoms with Crippen molar-refractivity contribution in [2.75, 3.05) is 31.6 Å². The number of fused-ring (bicyclic) bond motifs is 2. The lowest BCUT2D eigenvalue weighted by molar-refractivity contribution is 0.0698. The van der Waals surface area contributed by atoms with E-state index in [1.807, 2.05) is 31.2 Å². The standard InChI is InChI=1S/C19H22N6O2/c1-4-24-12-14(27-16-8-6-5-7-15(16)24)11-23(3)18(26)17-21-19-20-10-9-13(2)25(19)22-17/h5-10,14H,4,11-12H2,1-3H3/t14-/m1/s1. The second kappa shape index (κ2) is 6.86. The van der Waals surface area contributed by atoms with E-state index in [2.05, 4.69) is 33.0 Å². The molecule has 1 aliphatic rings. The number of nitrogens with zero attached hydrogens (tertiary/aromatic N) is 6. The lowest BCUT2D eigenvalue weighted by Gasteiger charge is -2.37. The molecule has 0 aliphatic carbocycles. The lowest BCUT2D eigenvalue weighted by atomic mass is 10.2. The van der Waals surface area contributed by atoms with Crippen molar-refractivity contribution in [2.24, 2.45) is 0 Å². The van der Waals surface area contributed by atoms with Crippen molar-refractivity contribution in [1.29, 1.82) is 0 Å². The summed E-state index contributed by atoms with van der Waals surface area (Å²) in [5.41, 5.74) is 1.97. The van der Waals surface area contributed by atoms with Gasteiger partial charge in [0.05, 0.1) is 18.8 Å². The minimum absolute atomic E-state index is 0.120. The molecule has 0 spiro atoms. The fraction of sp³-hybridized carbons (Fsp3) is 0.368. The number of rotatable bonds is 4. The van der Waals surface area contributed by atoms with Crippen molar-refractivity contribution in [1.82, 2.24) is 24.5 Å². The van der Waals surface area contributed by atoms with Crippen LogP contribution in [0.4, 0.5) is 5.69 Å². The van der Waals surface area contributed by atoms with Gasteiger partial charge < -0.3 is 14.5 Å². The second-order valence-electron chi connectivity index (χ2n) is 6.67. The summed E-state index contributed by atoms with van der Waals surface area (Å²) in [7, 11) is 1.74. The zero-order valence-electron chi connectivity index (χ0n) is 15.7. The summed E-state index contributed by atoms with van der Waals surface area (Å²) >= 11 is 0. The first kappa shape index (κ1) is 17.3. The summed E-state index contributed by atoms with van der Waals surface area (Å²) in [5.74, 6) is 1.17. The van der Waals surface area contributed by atoms with Gasteiger partial charge in [0.2, 0.25) is 5.82 Å². The predicted molar refractivity (Wildman–Crippen MR) is 101 cm³/mol. The van der Waals surface area contributed by atoms with Crippen molar-refractivity contribution in [2.45, 2.75) is 20.0 Å². The van der Waals surface area contributed by atoms with Crippen molar-refractivity contribution in [3.8, 4) is 5.75 Å². The van der Waals surface area contributed by atoms with Gasteiger partial charge in [-0.3, -0.25) is 4.79 Å². The molecule has 0 radical (unpaired) electrons. The number of amides is 1. The van der Waals surface area contributed by atoms with E-state index in [1.54, 1.807) is 22.7 Å². The Hall–Kier alpha value is -3.16. The third kappa shape index (κ3) is 3.18. The number of benzene rings is 1. The number of likely N-dealkylation sites (N-methyl/N-ethyl adjacent to an activating group) is 2. The lowest BCUT2D eigenvalue weighted by Crippen LogP contribution is -2.47. The van der Waals surface area contributed by atoms with E-state index < -0.39 is 0 Å². The Bertz CT molecular complexity index is 985. The maximum atomic E-state index is 12.8. The minimum Gasteiger partial charge on any atom is -0.485 e. The Labute approximate surface area is 157 Å². The summed E-state index contributed by atoms with van der Waals surface area (Å²) in [4.78, 5) is 25.1. The Morgan fingerprint density at radius 3 is 2.93 bits per heavy atom. The Kier molecular flexibility index (Phi) is 4.39. The van der Waals surface area contributed by atoms with E-state index in [0.29, 0.717) is 12.3 Å². The molecule has 1 aromatic carbocycles. The first-order valence-corrected chi connectivity index (χ1v) is 9.01. The van der Waals surface area contributed by atoms with E-state index in [-0.39, 0.29) is 17.8 Å². The third-order valence-corrected chi connectivity index (χ3v) is 4.75. The normalized spacial score (nSPS) is 16.1. The van der Waals surface area contributed by atoms with Crippen molar-refractivity contribution in [3.63, 3.8) is 0 Å². The maximum Gasteiger partial charge on any atom is 0.293 e. The molecule has 0 saturated heterocycles. The number of para-hydroxylation sites is 2. The summed E-state index contributed by atoms with van der Waals surface area (Å²) in [6.07, 6.45) is 1.54. The fourth-order valence-corrected chi connectivity index (χ4v) is 3.33. The Morgan fingerprint density at radius 1 is 1.33 bits per heavy atom. The molecule has 3 aromatic rings. The highest BCUT2D eigenvalue weighted by molar-refractivity contribution is 5.90. The van der Waals surface area contributed by atoms with Gasteiger partial charge in [0.25, 0.3) is 11.7 Å².